The van der Waals surface area contributed by atoms with Gasteiger partial charge in [0.2, 0.25) is 0 Å². The van der Waals surface area contributed by atoms with Gasteiger partial charge in [0.05, 0.1) is 12.9 Å². The van der Waals surface area contributed by atoms with Gasteiger partial charge in [0, 0.05) is 5.56 Å². The molecule has 1 fully saturated rings. The number of furan rings is 1. The molecule has 4 atom stereocenters. The molecule has 1 aliphatic rings. The number of aliphatic hydroxyl groups excluding tert-OH is 2. The number of nitrogen functional groups attached to an aromatic ring is 1. The number of rotatable bonds is 4. The number of anilines is 1. The lowest BCUT2D eigenvalue weighted by Crippen LogP contribution is -2.34. The van der Waals surface area contributed by atoms with Gasteiger partial charge in [-0.05, 0) is 0 Å². The summed E-state index contributed by atoms with van der Waals surface area (Å²) >= 11 is 0. The van der Waals surface area contributed by atoms with E-state index in [2.05, 4.69) is 14.2 Å². The summed E-state index contributed by atoms with van der Waals surface area (Å²) in [5.41, 5.74) is 6.54. The Bertz CT molecular complexity index is 823. The van der Waals surface area contributed by atoms with Gasteiger partial charge in [-0.1, -0.05) is 0 Å². The average molecular weight is 346 g/mol. The molecule has 1 aliphatic heterocycles. The highest BCUT2D eigenvalue weighted by molar-refractivity contribution is 7.84. The Labute approximate surface area is 130 Å². The van der Waals surface area contributed by atoms with Crippen molar-refractivity contribution < 1.29 is 32.0 Å². The lowest BCUT2D eigenvalue weighted by Gasteiger charge is -2.13. The third-order valence-corrected chi connectivity index (χ3v) is 3.94. The maximum Gasteiger partial charge on any atom is 0.333 e. The Morgan fingerprint density at radius 2 is 2.04 bits per heavy atom. The maximum atomic E-state index is 10.8. The van der Waals surface area contributed by atoms with Crippen molar-refractivity contribution in [1.29, 1.82) is 0 Å². The molecule has 126 valence electrons. The Morgan fingerprint density at radius 3 is 2.74 bits per heavy atom. The van der Waals surface area contributed by atoms with Crippen molar-refractivity contribution in [2.45, 2.75) is 24.4 Å². The smallest absolute Gasteiger partial charge is 0.333 e. The van der Waals surface area contributed by atoms with Crippen molar-refractivity contribution in [1.82, 2.24) is 9.97 Å². The molecule has 2 aromatic rings. The van der Waals surface area contributed by atoms with Crippen molar-refractivity contribution in [3.63, 3.8) is 0 Å². The second kappa shape index (κ2) is 5.67. The number of nitrogens with two attached hydrogens (primary N) is 2. The molecule has 0 amide bonds. The molecular weight excluding hydrogens is 332 g/mol. The molecule has 4 unspecified atom stereocenters. The molecule has 0 aromatic carbocycles. The van der Waals surface area contributed by atoms with Gasteiger partial charge in [-0.25, -0.2) is 15.1 Å². The minimum Gasteiger partial charge on any atom is -0.458 e. The largest absolute Gasteiger partial charge is 0.458 e. The normalized spacial score (nSPS) is 28.5. The molecule has 12 heteroatoms. The van der Waals surface area contributed by atoms with E-state index in [1.54, 1.807) is 0 Å². The van der Waals surface area contributed by atoms with E-state index < -0.39 is 41.3 Å². The Morgan fingerprint density at radius 1 is 1.30 bits per heavy atom. The topological polar surface area (TPSA) is 184 Å². The zero-order valence-electron chi connectivity index (χ0n) is 11.6. The second-order valence-corrected chi connectivity index (χ2v) is 6.20. The molecule has 0 radical (unpaired) electrons. The molecule has 0 aliphatic carbocycles. The number of aliphatic hydroxyl groups is 2. The van der Waals surface area contributed by atoms with Crippen molar-refractivity contribution in [2.75, 3.05) is 12.3 Å². The molecule has 2 aromatic heterocycles. The van der Waals surface area contributed by atoms with Crippen molar-refractivity contribution in [2.24, 2.45) is 5.14 Å². The van der Waals surface area contributed by atoms with E-state index in [1.165, 1.54) is 12.6 Å². The molecule has 3 heterocycles. The van der Waals surface area contributed by atoms with Crippen molar-refractivity contribution >= 4 is 27.2 Å². The molecule has 1 saturated heterocycles. The van der Waals surface area contributed by atoms with Crippen LogP contribution in [0.1, 0.15) is 11.7 Å². The molecular formula is C11H14N4O7S. The van der Waals surface area contributed by atoms with Crippen LogP contribution in [0, 0.1) is 0 Å². The molecule has 23 heavy (non-hydrogen) atoms. The van der Waals surface area contributed by atoms with Gasteiger partial charge >= 0.3 is 10.3 Å². The van der Waals surface area contributed by atoms with Crippen LogP contribution in [0.25, 0.3) is 11.1 Å². The van der Waals surface area contributed by atoms with Gasteiger partial charge < -0.3 is 25.1 Å². The summed E-state index contributed by atoms with van der Waals surface area (Å²) in [5.74, 6) is 0.114. The summed E-state index contributed by atoms with van der Waals surface area (Å²) < 4.78 is 36.7. The van der Waals surface area contributed by atoms with Crippen LogP contribution in [0.2, 0.25) is 0 Å². The highest BCUT2D eigenvalue weighted by Crippen LogP contribution is 2.38. The van der Waals surface area contributed by atoms with E-state index >= 15 is 0 Å². The summed E-state index contributed by atoms with van der Waals surface area (Å²) in [5, 5.41) is 24.8. The summed E-state index contributed by atoms with van der Waals surface area (Å²) in [7, 11) is -4.19. The third kappa shape index (κ3) is 2.99. The van der Waals surface area contributed by atoms with Gasteiger partial charge in [0.15, 0.2) is 11.4 Å². The van der Waals surface area contributed by atoms with Gasteiger partial charge in [-0.2, -0.15) is 8.42 Å². The van der Waals surface area contributed by atoms with E-state index in [9.17, 15) is 18.6 Å². The van der Waals surface area contributed by atoms with Gasteiger partial charge in [0.25, 0.3) is 0 Å². The third-order valence-electron chi connectivity index (χ3n) is 3.47. The van der Waals surface area contributed by atoms with Crippen LogP contribution in [0.3, 0.4) is 0 Å². The van der Waals surface area contributed by atoms with E-state index in [4.69, 9.17) is 20.0 Å². The Balaban J connectivity index is 1.86. The fraction of sp³-hybridized carbons (Fsp3) is 0.455. The maximum absolute atomic E-state index is 10.8. The molecule has 0 bridgehead atoms. The van der Waals surface area contributed by atoms with E-state index in [0.29, 0.717) is 11.1 Å². The monoisotopic (exact) mass is 346 g/mol. The number of hydrogen-bond donors (Lipinski definition) is 4. The predicted octanol–water partition coefficient (Wildman–Crippen LogP) is -1.81. The van der Waals surface area contributed by atoms with Crippen LogP contribution in [-0.2, 0) is 19.2 Å². The van der Waals surface area contributed by atoms with Crippen LogP contribution in [0.5, 0.6) is 0 Å². The van der Waals surface area contributed by atoms with Crippen LogP contribution in [0.4, 0.5) is 5.82 Å². The minimum absolute atomic E-state index is 0.114. The molecule has 11 nitrogen and oxygen atoms in total. The SMILES string of the molecule is Nc1ncnc2c(C3OC(COS(N)(=O)=O)C(O)C3O)coc12. The van der Waals surface area contributed by atoms with Crippen molar-refractivity contribution in [3.8, 4) is 0 Å². The predicted molar refractivity (Wildman–Crippen MR) is 74.9 cm³/mol. The molecule has 0 spiro atoms. The van der Waals surface area contributed by atoms with Gasteiger partial charge in [0.1, 0.15) is 36.3 Å². The van der Waals surface area contributed by atoms with Crippen LogP contribution in [-0.4, -0.2) is 53.5 Å². The lowest BCUT2D eigenvalue weighted by molar-refractivity contribution is -0.0155. The molecule has 6 N–H and O–H groups in total. The minimum atomic E-state index is -4.19. The number of fused-ring (bicyclic) bond motifs is 1. The summed E-state index contributed by atoms with van der Waals surface area (Å²) in [4.78, 5) is 7.78. The van der Waals surface area contributed by atoms with E-state index in [1.807, 2.05) is 0 Å². The number of aromatic nitrogens is 2. The number of hydrogen-bond acceptors (Lipinski definition) is 10. The Kier molecular flexibility index (Phi) is 3.95. The zero-order chi connectivity index (χ0) is 16.8. The fourth-order valence-corrected chi connectivity index (χ4v) is 2.72. The number of nitrogens with zero attached hydrogens (tertiary/aromatic N) is 2. The van der Waals surface area contributed by atoms with Crippen LogP contribution < -0.4 is 10.9 Å². The van der Waals surface area contributed by atoms with Crippen LogP contribution >= 0.6 is 0 Å². The Hall–Kier alpha value is -1.83. The molecule has 0 saturated carbocycles. The average Bonchev–Trinajstić information content (AvgIpc) is 3.01. The first kappa shape index (κ1) is 16.0. The summed E-state index contributed by atoms with van der Waals surface area (Å²) in [6, 6.07) is 0. The molecule has 3 rings (SSSR count). The van der Waals surface area contributed by atoms with Gasteiger partial charge in [-0.15, -0.1) is 0 Å². The number of ether oxygens (including phenoxy) is 1. The summed E-state index contributed by atoms with van der Waals surface area (Å²) in [6.45, 7) is -0.541. The quantitative estimate of drug-likeness (QED) is 0.491. The first-order chi connectivity index (χ1) is 10.8. The first-order valence-electron chi connectivity index (χ1n) is 6.44. The fourth-order valence-electron chi connectivity index (χ4n) is 2.39. The standard InChI is InChI=1S/C11H14N4O7S/c12-11-10-6(14-3-15-11)4(1-20-10)9-8(17)7(16)5(22-9)2-21-23(13,18)19/h1,3,5,7-9,16-17H,2H2,(H2,12,14,15)(H2,13,18,19). The zero-order valence-corrected chi connectivity index (χ0v) is 12.4. The summed E-state index contributed by atoms with van der Waals surface area (Å²) in [6.07, 6.45) is -2.34. The van der Waals surface area contributed by atoms with Crippen molar-refractivity contribution in [3.05, 3.63) is 18.2 Å². The van der Waals surface area contributed by atoms with E-state index in [-0.39, 0.29) is 11.4 Å². The van der Waals surface area contributed by atoms with E-state index in [0.717, 1.165) is 0 Å². The highest BCUT2D eigenvalue weighted by atomic mass is 32.2. The van der Waals surface area contributed by atoms with Gasteiger partial charge in [-0.3, -0.25) is 4.18 Å². The highest BCUT2D eigenvalue weighted by Gasteiger charge is 2.45. The lowest BCUT2D eigenvalue weighted by atomic mass is 10.0. The second-order valence-electron chi connectivity index (χ2n) is 4.98. The first-order valence-corrected chi connectivity index (χ1v) is 7.91. The van der Waals surface area contributed by atoms with Crippen LogP contribution in [0.15, 0.2) is 17.0 Å².